The molecule has 3 aromatic rings. The van der Waals surface area contributed by atoms with Crippen LogP contribution < -0.4 is 5.32 Å². The van der Waals surface area contributed by atoms with Gasteiger partial charge in [-0.05, 0) is 46.7 Å². The van der Waals surface area contributed by atoms with E-state index in [1.165, 1.54) is 11.1 Å². The van der Waals surface area contributed by atoms with Gasteiger partial charge < -0.3 is 9.88 Å². The summed E-state index contributed by atoms with van der Waals surface area (Å²) in [6, 6.07) is 8.21. The molecule has 0 aliphatic carbocycles. The highest BCUT2D eigenvalue weighted by Crippen LogP contribution is 2.19. The van der Waals surface area contributed by atoms with Gasteiger partial charge in [0.25, 0.3) is 0 Å². The van der Waals surface area contributed by atoms with E-state index < -0.39 is 0 Å². The third kappa shape index (κ3) is 2.54. The summed E-state index contributed by atoms with van der Waals surface area (Å²) < 4.78 is 3.69. The Kier molecular flexibility index (Phi) is 3.20. The molecule has 2 aromatic heterocycles. The average Bonchev–Trinajstić information content (AvgIpc) is 3.09. The highest BCUT2D eigenvalue weighted by atomic mass is 15.5. The van der Waals surface area contributed by atoms with Gasteiger partial charge in [0.2, 0.25) is 0 Å². The maximum absolute atomic E-state index is 3.90. The van der Waals surface area contributed by atoms with Crippen LogP contribution in [0.5, 0.6) is 0 Å². The predicted octanol–water partition coefficient (Wildman–Crippen LogP) is 1.92. The Bertz CT molecular complexity index is 698. The summed E-state index contributed by atoms with van der Waals surface area (Å²) in [4.78, 5) is 0. The third-order valence-electron chi connectivity index (χ3n) is 3.21. The van der Waals surface area contributed by atoms with E-state index in [4.69, 9.17) is 0 Å². The van der Waals surface area contributed by atoms with Crippen LogP contribution in [0.15, 0.2) is 43.0 Å². The molecule has 1 aromatic carbocycles. The molecule has 102 valence electrons. The molecule has 3 rings (SSSR count). The fourth-order valence-corrected chi connectivity index (χ4v) is 2.09. The Labute approximate surface area is 117 Å². The molecule has 0 amide bonds. The van der Waals surface area contributed by atoms with Crippen molar-refractivity contribution in [1.82, 2.24) is 24.8 Å². The van der Waals surface area contributed by atoms with Crippen molar-refractivity contribution in [1.29, 1.82) is 0 Å². The zero-order valence-electron chi connectivity index (χ0n) is 11.5. The zero-order chi connectivity index (χ0) is 13.9. The monoisotopic (exact) mass is 268 g/mol. The summed E-state index contributed by atoms with van der Waals surface area (Å²) in [6.45, 7) is 2.87. The molecular weight excluding hydrogens is 252 g/mol. The number of benzene rings is 1. The zero-order valence-corrected chi connectivity index (χ0v) is 11.5. The van der Waals surface area contributed by atoms with Crippen molar-refractivity contribution in [3.05, 3.63) is 54.1 Å². The average molecular weight is 268 g/mol. The van der Waals surface area contributed by atoms with E-state index in [0.29, 0.717) is 0 Å². The van der Waals surface area contributed by atoms with Crippen LogP contribution in [0.3, 0.4) is 0 Å². The third-order valence-corrected chi connectivity index (χ3v) is 3.21. The smallest absolute Gasteiger partial charge is 0.143 e. The molecule has 6 nitrogen and oxygen atoms in total. The van der Waals surface area contributed by atoms with Crippen LogP contribution in [0.2, 0.25) is 0 Å². The Balaban J connectivity index is 1.80. The van der Waals surface area contributed by atoms with Crippen molar-refractivity contribution in [3.8, 4) is 5.69 Å². The lowest BCUT2D eigenvalue weighted by Gasteiger charge is -2.10. The summed E-state index contributed by atoms with van der Waals surface area (Å²) in [7, 11) is 2.02. The summed E-state index contributed by atoms with van der Waals surface area (Å²) in [6.07, 6.45) is 5.74. The number of rotatable bonds is 4. The first-order valence-corrected chi connectivity index (χ1v) is 6.41. The molecule has 1 N–H and O–H groups in total. The Morgan fingerprint density at radius 1 is 1.25 bits per heavy atom. The summed E-state index contributed by atoms with van der Waals surface area (Å²) >= 11 is 0. The molecule has 0 radical (unpaired) electrons. The topological polar surface area (TPSA) is 60.6 Å². The summed E-state index contributed by atoms with van der Waals surface area (Å²) in [5.41, 5.74) is 4.47. The molecule has 0 unspecified atom stereocenters. The Morgan fingerprint density at radius 3 is 2.85 bits per heavy atom. The van der Waals surface area contributed by atoms with Crippen LogP contribution >= 0.6 is 0 Å². The Morgan fingerprint density at radius 2 is 2.15 bits per heavy atom. The van der Waals surface area contributed by atoms with Crippen LogP contribution in [0.25, 0.3) is 5.69 Å². The first-order valence-electron chi connectivity index (χ1n) is 6.41. The normalized spacial score (nSPS) is 10.7. The lowest BCUT2D eigenvalue weighted by Crippen LogP contribution is -2.02. The molecule has 20 heavy (non-hydrogen) atoms. The van der Waals surface area contributed by atoms with Crippen LogP contribution in [-0.4, -0.2) is 24.8 Å². The van der Waals surface area contributed by atoms with Gasteiger partial charge in [-0.2, -0.15) is 0 Å². The van der Waals surface area contributed by atoms with Crippen molar-refractivity contribution < 1.29 is 0 Å². The Hall–Kier alpha value is -2.63. The first-order chi connectivity index (χ1) is 9.72. The molecule has 0 saturated heterocycles. The van der Waals surface area contributed by atoms with Gasteiger partial charge in [0.15, 0.2) is 0 Å². The number of hydrogen-bond donors (Lipinski definition) is 1. The minimum absolute atomic E-state index is 0.792. The van der Waals surface area contributed by atoms with Crippen molar-refractivity contribution in [3.63, 3.8) is 0 Å². The highest BCUT2D eigenvalue weighted by Gasteiger charge is 2.03. The van der Waals surface area contributed by atoms with E-state index in [9.17, 15) is 0 Å². The van der Waals surface area contributed by atoms with Crippen LogP contribution in [-0.2, 0) is 13.6 Å². The minimum Gasteiger partial charge on any atom is -0.381 e. The van der Waals surface area contributed by atoms with Gasteiger partial charge in [0.05, 0.1) is 5.69 Å². The molecular formula is C14H16N6. The standard InChI is InChI=1S/C14H16N6/c1-11-3-4-13(20-10-16-17-18-20)7-14(11)15-8-12-5-6-19(2)9-12/h3-7,9-10,15H,8H2,1-2H3. The SMILES string of the molecule is Cc1ccc(-n2cnnn2)cc1NCc1ccn(C)c1. The fourth-order valence-electron chi connectivity index (χ4n) is 2.09. The lowest BCUT2D eigenvalue weighted by atomic mass is 10.1. The van der Waals surface area contributed by atoms with Crippen molar-refractivity contribution in [2.24, 2.45) is 7.05 Å². The predicted molar refractivity (Wildman–Crippen MR) is 76.6 cm³/mol. The van der Waals surface area contributed by atoms with Crippen LogP contribution in [0.4, 0.5) is 5.69 Å². The second-order valence-electron chi connectivity index (χ2n) is 4.79. The number of aromatic nitrogens is 5. The maximum Gasteiger partial charge on any atom is 0.143 e. The number of anilines is 1. The largest absolute Gasteiger partial charge is 0.381 e. The molecule has 0 fully saturated rings. The molecule has 0 saturated carbocycles. The van der Waals surface area contributed by atoms with Crippen molar-refractivity contribution >= 4 is 5.69 Å². The molecule has 0 atom stereocenters. The van der Waals surface area contributed by atoms with E-state index in [1.807, 2.05) is 23.9 Å². The summed E-state index contributed by atoms with van der Waals surface area (Å²) in [5.74, 6) is 0. The number of aryl methyl sites for hydroxylation is 2. The van der Waals surface area contributed by atoms with Crippen molar-refractivity contribution in [2.75, 3.05) is 5.32 Å². The molecule has 0 aliphatic rings. The van der Waals surface area contributed by atoms with Gasteiger partial charge in [-0.15, -0.1) is 5.10 Å². The number of nitrogens with zero attached hydrogens (tertiary/aromatic N) is 5. The first kappa shape index (κ1) is 12.4. The maximum atomic E-state index is 3.90. The lowest BCUT2D eigenvalue weighted by molar-refractivity contribution is 0.789. The van der Waals surface area contributed by atoms with Gasteiger partial charge in [0.1, 0.15) is 6.33 Å². The number of nitrogens with one attached hydrogen (secondary N) is 1. The van der Waals surface area contributed by atoms with Crippen molar-refractivity contribution in [2.45, 2.75) is 13.5 Å². The molecule has 0 aliphatic heterocycles. The molecule has 0 spiro atoms. The van der Waals surface area contributed by atoms with Gasteiger partial charge >= 0.3 is 0 Å². The van der Waals surface area contributed by atoms with Crippen LogP contribution in [0.1, 0.15) is 11.1 Å². The second kappa shape index (κ2) is 5.16. The summed E-state index contributed by atoms with van der Waals surface area (Å²) in [5, 5.41) is 14.7. The van der Waals surface area contributed by atoms with E-state index in [2.05, 4.69) is 52.2 Å². The second-order valence-corrected chi connectivity index (χ2v) is 4.79. The highest BCUT2D eigenvalue weighted by molar-refractivity contribution is 5.56. The van der Waals surface area contributed by atoms with Gasteiger partial charge in [-0.1, -0.05) is 6.07 Å². The quantitative estimate of drug-likeness (QED) is 0.785. The molecule has 0 bridgehead atoms. The molecule has 2 heterocycles. The van der Waals surface area contributed by atoms with E-state index in [1.54, 1.807) is 11.0 Å². The van der Waals surface area contributed by atoms with Gasteiger partial charge in [-0.25, -0.2) is 4.68 Å². The van der Waals surface area contributed by atoms with E-state index in [-0.39, 0.29) is 0 Å². The molecule has 6 heteroatoms. The van der Waals surface area contributed by atoms with E-state index in [0.717, 1.165) is 17.9 Å². The van der Waals surface area contributed by atoms with E-state index >= 15 is 0 Å². The van der Waals surface area contributed by atoms with Gasteiger partial charge in [-0.3, -0.25) is 0 Å². The van der Waals surface area contributed by atoms with Crippen LogP contribution in [0, 0.1) is 6.92 Å². The number of hydrogen-bond acceptors (Lipinski definition) is 4. The minimum atomic E-state index is 0.792. The number of tetrazole rings is 1. The van der Waals surface area contributed by atoms with Gasteiger partial charge in [0, 0.05) is 31.7 Å². The fraction of sp³-hybridized carbons (Fsp3) is 0.214.